The quantitative estimate of drug-likeness (QED) is 0.161. The number of carbonyl (C=O) groups excluding carboxylic acids is 3. The molecule has 0 radical (unpaired) electrons. The fraction of sp³-hybridized carbons (Fsp3) is 0.229. The van der Waals surface area contributed by atoms with E-state index in [1.54, 1.807) is 26.0 Å². The highest BCUT2D eigenvalue weighted by molar-refractivity contribution is 5.92. The Hall–Kier alpha value is -4.71. The summed E-state index contributed by atoms with van der Waals surface area (Å²) in [5.41, 5.74) is 8.86. The molecule has 1 aliphatic carbocycles. The van der Waals surface area contributed by atoms with E-state index in [1.165, 1.54) is 23.3 Å². The Kier molecular flexibility index (Phi) is 8.72. The van der Waals surface area contributed by atoms with E-state index in [1.807, 2.05) is 13.8 Å². The lowest BCUT2D eigenvalue weighted by Gasteiger charge is -2.17. The monoisotopic (exact) mass is 550 g/mol. The third-order valence-corrected chi connectivity index (χ3v) is 7.09. The summed E-state index contributed by atoms with van der Waals surface area (Å²) in [4.78, 5) is 36.0. The van der Waals surface area contributed by atoms with Crippen molar-refractivity contribution in [3.8, 4) is 33.8 Å². The SMILES string of the molecule is C=CC(=O)OCC1Cc2ccc(-c3cc(C)c(-c4ccc(OC(=O)C(=C)C)cc4OC(=O)C(=C)C)cc3C)cc2C1. The second-order valence-electron chi connectivity index (χ2n) is 10.6. The average Bonchev–Trinajstić information content (AvgIpc) is 3.35. The topological polar surface area (TPSA) is 78.9 Å². The van der Waals surface area contributed by atoms with E-state index in [0.717, 1.165) is 40.7 Å². The van der Waals surface area contributed by atoms with Crippen LogP contribution in [0.15, 0.2) is 85.5 Å². The van der Waals surface area contributed by atoms with Crippen LogP contribution in [0.5, 0.6) is 11.5 Å². The van der Waals surface area contributed by atoms with Crippen LogP contribution in [-0.4, -0.2) is 24.5 Å². The molecule has 0 saturated carbocycles. The van der Waals surface area contributed by atoms with Crippen LogP contribution in [0.1, 0.15) is 36.1 Å². The molecular weight excluding hydrogens is 516 g/mol. The molecule has 1 aliphatic rings. The first-order valence-corrected chi connectivity index (χ1v) is 13.4. The van der Waals surface area contributed by atoms with Gasteiger partial charge in [-0.15, -0.1) is 0 Å². The number of esters is 3. The lowest BCUT2D eigenvalue weighted by atomic mass is 9.90. The lowest BCUT2D eigenvalue weighted by molar-refractivity contribution is -0.139. The molecule has 0 amide bonds. The summed E-state index contributed by atoms with van der Waals surface area (Å²) in [6, 6.07) is 15.7. The van der Waals surface area contributed by atoms with Crippen molar-refractivity contribution in [2.75, 3.05) is 6.61 Å². The molecule has 6 nitrogen and oxygen atoms in total. The summed E-state index contributed by atoms with van der Waals surface area (Å²) in [6.45, 7) is 18.3. The van der Waals surface area contributed by atoms with E-state index in [0.29, 0.717) is 12.2 Å². The highest BCUT2D eigenvalue weighted by Gasteiger charge is 2.24. The van der Waals surface area contributed by atoms with Gasteiger partial charge in [0, 0.05) is 34.8 Å². The maximum Gasteiger partial charge on any atom is 0.338 e. The molecule has 210 valence electrons. The minimum atomic E-state index is -0.573. The van der Waals surface area contributed by atoms with Gasteiger partial charge in [-0.1, -0.05) is 50.1 Å². The zero-order chi connectivity index (χ0) is 29.8. The summed E-state index contributed by atoms with van der Waals surface area (Å²) >= 11 is 0. The Morgan fingerprint density at radius 1 is 0.805 bits per heavy atom. The Bertz CT molecular complexity index is 1590. The number of carbonyl (C=O) groups is 3. The Labute approximate surface area is 241 Å². The van der Waals surface area contributed by atoms with Crippen LogP contribution in [0, 0.1) is 19.8 Å². The van der Waals surface area contributed by atoms with Crippen LogP contribution < -0.4 is 9.47 Å². The molecule has 1 atom stereocenters. The van der Waals surface area contributed by atoms with Crippen LogP contribution in [0.2, 0.25) is 0 Å². The van der Waals surface area contributed by atoms with Crippen LogP contribution in [0.4, 0.5) is 0 Å². The predicted molar refractivity (Wildman–Crippen MR) is 160 cm³/mol. The van der Waals surface area contributed by atoms with Crippen molar-refractivity contribution in [3.63, 3.8) is 0 Å². The third-order valence-electron chi connectivity index (χ3n) is 7.09. The fourth-order valence-corrected chi connectivity index (χ4v) is 4.93. The normalized spacial score (nSPS) is 13.6. The number of benzene rings is 3. The first-order valence-electron chi connectivity index (χ1n) is 13.4. The minimum Gasteiger partial charge on any atom is -0.462 e. The molecule has 0 heterocycles. The zero-order valence-corrected chi connectivity index (χ0v) is 24.0. The molecule has 0 aromatic heterocycles. The maximum atomic E-state index is 12.5. The van der Waals surface area contributed by atoms with Crippen LogP contribution >= 0.6 is 0 Å². The number of hydrogen-bond acceptors (Lipinski definition) is 6. The summed E-state index contributed by atoms with van der Waals surface area (Å²) in [5, 5.41) is 0. The standard InChI is InChI=1S/C35H34O6/c1-8-33(36)39-19-24-15-25-9-10-26(17-27(25)16-24)30-13-23(7)31(14-22(30)6)29-12-11-28(40-34(37)20(2)3)18-32(29)41-35(38)21(4)5/h8-14,17-18,24H,1-2,4,15-16,19H2,3,5-7H3. The second-order valence-corrected chi connectivity index (χ2v) is 10.6. The van der Waals surface area contributed by atoms with Crippen molar-refractivity contribution in [2.24, 2.45) is 5.92 Å². The van der Waals surface area contributed by atoms with E-state index in [4.69, 9.17) is 14.2 Å². The zero-order valence-electron chi connectivity index (χ0n) is 24.0. The predicted octanol–water partition coefficient (Wildman–Crippen LogP) is 7.04. The van der Waals surface area contributed by atoms with Gasteiger partial charge in [0.05, 0.1) is 6.61 Å². The van der Waals surface area contributed by atoms with Gasteiger partial charge >= 0.3 is 17.9 Å². The number of rotatable bonds is 9. The van der Waals surface area contributed by atoms with Crippen molar-refractivity contribution in [3.05, 3.63) is 108 Å². The lowest BCUT2D eigenvalue weighted by Crippen LogP contribution is -2.12. The molecule has 1 unspecified atom stereocenters. The molecule has 0 aliphatic heterocycles. The van der Waals surface area contributed by atoms with Gasteiger partial charge in [-0.05, 0) is 91.6 Å². The van der Waals surface area contributed by atoms with E-state index in [9.17, 15) is 14.4 Å². The molecule has 0 saturated heterocycles. The first kappa shape index (κ1) is 29.3. The number of fused-ring (bicyclic) bond motifs is 1. The molecule has 0 fully saturated rings. The van der Waals surface area contributed by atoms with E-state index in [2.05, 4.69) is 50.1 Å². The largest absolute Gasteiger partial charge is 0.462 e. The fourth-order valence-electron chi connectivity index (χ4n) is 4.93. The molecule has 3 aromatic rings. The molecule has 0 bridgehead atoms. The third kappa shape index (κ3) is 6.72. The van der Waals surface area contributed by atoms with Crippen molar-refractivity contribution >= 4 is 17.9 Å². The Morgan fingerprint density at radius 2 is 1.44 bits per heavy atom. The van der Waals surface area contributed by atoms with E-state index >= 15 is 0 Å². The molecule has 0 N–H and O–H groups in total. The summed E-state index contributed by atoms with van der Waals surface area (Å²) < 4.78 is 16.3. The van der Waals surface area contributed by atoms with Crippen molar-refractivity contribution in [2.45, 2.75) is 40.5 Å². The Balaban J connectivity index is 1.66. The minimum absolute atomic E-state index is 0.243. The number of hydrogen-bond donors (Lipinski definition) is 0. The summed E-state index contributed by atoms with van der Waals surface area (Å²) in [7, 11) is 0. The number of aryl methyl sites for hydroxylation is 2. The van der Waals surface area contributed by atoms with Crippen LogP contribution in [-0.2, 0) is 32.0 Å². The van der Waals surface area contributed by atoms with Gasteiger partial charge in [0.25, 0.3) is 0 Å². The maximum absolute atomic E-state index is 12.5. The molecule has 3 aromatic carbocycles. The summed E-state index contributed by atoms with van der Waals surface area (Å²) in [6.07, 6.45) is 2.92. The molecule has 4 rings (SSSR count). The van der Waals surface area contributed by atoms with Gasteiger partial charge in [-0.25, -0.2) is 14.4 Å². The molecule has 6 heteroatoms. The molecule has 0 spiro atoms. The highest BCUT2D eigenvalue weighted by Crippen LogP contribution is 2.39. The summed E-state index contributed by atoms with van der Waals surface area (Å²) in [5.74, 6) is -0.768. The average molecular weight is 551 g/mol. The van der Waals surface area contributed by atoms with Gasteiger partial charge in [0.1, 0.15) is 11.5 Å². The molecule has 41 heavy (non-hydrogen) atoms. The van der Waals surface area contributed by atoms with Gasteiger partial charge in [0.2, 0.25) is 0 Å². The first-order chi connectivity index (χ1) is 19.5. The number of ether oxygens (including phenoxy) is 3. The molecular formula is C35H34O6. The van der Waals surface area contributed by atoms with Crippen molar-refractivity contribution in [1.29, 1.82) is 0 Å². The van der Waals surface area contributed by atoms with Gasteiger partial charge < -0.3 is 14.2 Å². The van der Waals surface area contributed by atoms with Crippen molar-refractivity contribution in [1.82, 2.24) is 0 Å². The van der Waals surface area contributed by atoms with Crippen molar-refractivity contribution < 1.29 is 28.6 Å². The smallest absolute Gasteiger partial charge is 0.338 e. The Morgan fingerprint density at radius 3 is 2.12 bits per heavy atom. The van der Waals surface area contributed by atoms with Gasteiger partial charge in [-0.2, -0.15) is 0 Å². The van der Waals surface area contributed by atoms with E-state index in [-0.39, 0.29) is 28.6 Å². The van der Waals surface area contributed by atoms with E-state index < -0.39 is 17.9 Å². The van der Waals surface area contributed by atoms with Crippen LogP contribution in [0.3, 0.4) is 0 Å². The second kappa shape index (κ2) is 12.2. The van der Waals surface area contributed by atoms with Crippen LogP contribution in [0.25, 0.3) is 22.3 Å². The highest BCUT2D eigenvalue weighted by atomic mass is 16.5. The van der Waals surface area contributed by atoms with Gasteiger partial charge in [-0.3, -0.25) is 0 Å². The van der Waals surface area contributed by atoms with Gasteiger partial charge in [0.15, 0.2) is 0 Å².